The monoisotopic (exact) mass is 305 g/mol. The number of hydrogen-bond acceptors (Lipinski definition) is 4. The van der Waals surface area contributed by atoms with E-state index in [0.717, 1.165) is 0 Å². The average molecular weight is 305 g/mol. The van der Waals surface area contributed by atoms with E-state index in [1.807, 2.05) is 13.8 Å². The van der Waals surface area contributed by atoms with Crippen molar-refractivity contribution >= 4 is 23.3 Å². The molecule has 0 spiro atoms. The number of hydrogen-bond donors (Lipinski definition) is 2. The quantitative estimate of drug-likeness (QED) is 0.744. The summed E-state index contributed by atoms with van der Waals surface area (Å²) in [4.78, 5) is 36.7. The molecule has 6 nitrogen and oxygen atoms in total. The highest BCUT2D eigenvalue weighted by atomic mass is 16.2. The zero-order valence-electron chi connectivity index (χ0n) is 13.5. The van der Waals surface area contributed by atoms with Crippen LogP contribution in [0.2, 0.25) is 0 Å². The SMILES string of the molecule is CC(=O)c1ccccc1NC(=O)CN(C)CC(=O)NC(C)C. The van der Waals surface area contributed by atoms with Crippen molar-refractivity contribution in [2.45, 2.75) is 26.8 Å². The molecule has 22 heavy (non-hydrogen) atoms. The Kier molecular flexibility index (Phi) is 6.72. The van der Waals surface area contributed by atoms with E-state index in [4.69, 9.17) is 0 Å². The summed E-state index contributed by atoms with van der Waals surface area (Å²) in [6.45, 7) is 5.41. The summed E-state index contributed by atoms with van der Waals surface area (Å²) < 4.78 is 0. The second-order valence-electron chi connectivity index (χ2n) is 5.54. The molecule has 2 amide bonds. The van der Waals surface area contributed by atoms with Gasteiger partial charge in [0.05, 0.1) is 18.8 Å². The maximum Gasteiger partial charge on any atom is 0.238 e. The van der Waals surface area contributed by atoms with E-state index in [-0.39, 0.29) is 36.7 Å². The van der Waals surface area contributed by atoms with Crippen LogP contribution in [0.1, 0.15) is 31.1 Å². The maximum atomic E-state index is 12.0. The molecule has 0 atom stereocenters. The molecule has 1 rings (SSSR count). The van der Waals surface area contributed by atoms with Gasteiger partial charge in [0, 0.05) is 11.6 Å². The van der Waals surface area contributed by atoms with E-state index in [1.54, 1.807) is 36.2 Å². The minimum atomic E-state index is -0.270. The molecule has 0 radical (unpaired) electrons. The van der Waals surface area contributed by atoms with Crippen LogP contribution in [0, 0.1) is 0 Å². The van der Waals surface area contributed by atoms with E-state index < -0.39 is 0 Å². The van der Waals surface area contributed by atoms with Gasteiger partial charge in [-0.2, -0.15) is 0 Å². The second kappa shape index (κ2) is 8.29. The van der Waals surface area contributed by atoms with Crippen LogP contribution in [0.3, 0.4) is 0 Å². The summed E-state index contributed by atoms with van der Waals surface area (Å²) in [5.41, 5.74) is 0.955. The molecular formula is C16H23N3O3. The molecule has 1 aromatic rings. The number of nitrogens with one attached hydrogen (secondary N) is 2. The molecule has 2 N–H and O–H groups in total. The molecule has 0 unspecified atom stereocenters. The van der Waals surface area contributed by atoms with Crippen molar-refractivity contribution in [1.29, 1.82) is 0 Å². The molecule has 0 aliphatic carbocycles. The fraction of sp³-hybridized carbons (Fsp3) is 0.438. The zero-order valence-corrected chi connectivity index (χ0v) is 13.5. The molecule has 0 bridgehead atoms. The summed E-state index contributed by atoms with van der Waals surface area (Å²) in [6, 6.07) is 6.91. The van der Waals surface area contributed by atoms with Crippen LogP contribution >= 0.6 is 0 Å². The van der Waals surface area contributed by atoms with Crippen molar-refractivity contribution in [3.8, 4) is 0 Å². The molecule has 1 aromatic carbocycles. The first-order chi connectivity index (χ1) is 10.3. The van der Waals surface area contributed by atoms with Crippen molar-refractivity contribution in [2.75, 3.05) is 25.5 Å². The van der Waals surface area contributed by atoms with Crippen molar-refractivity contribution in [2.24, 2.45) is 0 Å². The van der Waals surface area contributed by atoms with Gasteiger partial charge in [-0.1, -0.05) is 12.1 Å². The Morgan fingerprint density at radius 3 is 2.27 bits per heavy atom. The Labute approximate surface area is 130 Å². The predicted molar refractivity (Wildman–Crippen MR) is 85.9 cm³/mol. The Morgan fingerprint density at radius 2 is 1.68 bits per heavy atom. The molecule has 0 saturated heterocycles. The Balaban J connectivity index is 2.56. The number of rotatable bonds is 7. The van der Waals surface area contributed by atoms with E-state index >= 15 is 0 Å². The molecule has 0 aliphatic rings. The van der Waals surface area contributed by atoms with Crippen LogP contribution in [-0.4, -0.2) is 48.7 Å². The number of carbonyl (C=O) groups excluding carboxylic acids is 3. The lowest BCUT2D eigenvalue weighted by molar-refractivity contribution is -0.123. The number of anilines is 1. The zero-order chi connectivity index (χ0) is 16.7. The third-order valence-electron chi connectivity index (χ3n) is 2.86. The largest absolute Gasteiger partial charge is 0.353 e. The van der Waals surface area contributed by atoms with E-state index in [1.165, 1.54) is 6.92 Å². The molecule has 0 fully saturated rings. The third kappa shape index (κ3) is 6.05. The first kappa shape index (κ1) is 17.8. The lowest BCUT2D eigenvalue weighted by atomic mass is 10.1. The fourth-order valence-electron chi connectivity index (χ4n) is 2.00. The number of Topliss-reactive ketones (excluding diaryl/α,β-unsaturated/α-hetero) is 1. The molecule has 120 valence electrons. The Bertz CT molecular complexity index is 555. The highest BCUT2D eigenvalue weighted by Crippen LogP contribution is 2.15. The summed E-state index contributed by atoms with van der Waals surface area (Å²) in [6.07, 6.45) is 0. The first-order valence-corrected chi connectivity index (χ1v) is 7.17. The first-order valence-electron chi connectivity index (χ1n) is 7.17. The van der Waals surface area contributed by atoms with Gasteiger partial charge in [0.2, 0.25) is 11.8 Å². The highest BCUT2D eigenvalue weighted by Gasteiger charge is 2.13. The van der Waals surface area contributed by atoms with Crippen molar-refractivity contribution in [3.05, 3.63) is 29.8 Å². The molecular weight excluding hydrogens is 282 g/mol. The van der Waals surface area contributed by atoms with Gasteiger partial charge in [-0.05, 0) is 40.0 Å². The molecule has 0 aromatic heterocycles. The summed E-state index contributed by atoms with van der Waals surface area (Å²) in [5, 5.41) is 5.47. The van der Waals surface area contributed by atoms with Crippen LogP contribution in [-0.2, 0) is 9.59 Å². The minimum absolute atomic E-state index is 0.0668. The van der Waals surface area contributed by atoms with Gasteiger partial charge in [0.25, 0.3) is 0 Å². The summed E-state index contributed by atoms with van der Waals surface area (Å²) in [7, 11) is 1.69. The van der Waals surface area contributed by atoms with Gasteiger partial charge < -0.3 is 10.6 Å². The smallest absolute Gasteiger partial charge is 0.238 e. The topological polar surface area (TPSA) is 78.5 Å². The maximum absolute atomic E-state index is 12.0. The van der Waals surface area contributed by atoms with Crippen LogP contribution in [0.4, 0.5) is 5.69 Å². The van der Waals surface area contributed by atoms with Crippen LogP contribution in [0.15, 0.2) is 24.3 Å². The summed E-state index contributed by atoms with van der Waals surface area (Å²) >= 11 is 0. The molecule has 0 heterocycles. The van der Waals surface area contributed by atoms with E-state index in [0.29, 0.717) is 11.3 Å². The van der Waals surface area contributed by atoms with Gasteiger partial charge in [-0.15, -0.1) is 0 Å². The lowest BCUT2D eigenvalue weighted by Crippen LogP contribution is -2.41. The molecule has 0 saturated carbocycles. The van der Waals surface area contributed by atoms with Gasteiger partial charge in [-0.25, -0.2) is 0 Å². The second-order valence-corrected chi connectivity index (χ2v) is 5.54. The van der Waals surface area contributed by atoms with Crippen LogP contribution in [0.25, 0.3) is 0 Å². The van der Waals surface area contributed by atoms with Crippen LogP contribution in [0.5, 0.6) is 0 Å². The van der Waals surface area contributed by atoms with Crippen molar-refractivity contribution < 1.29 is 14.4 Å². The molecule has 0 aliphatic heterocycles. The van der Waals surface area contributed by atoms with Crippen molar-refractivity contribution in [3.63, 3.8) is 0 Å². The number of carbonyl (C=O) groups is 3. The number of ketones is 1. The average Bonchev–Trinajstić information content (AvgIpc) is 2.37. The predicted octanol–water partition coefficient (Wildman–Crippen LogP) is 1.28. The van der Waals surface area contributed by atoms with Gasteiger partial charge >= 0.3 is 0 Å². The summed E-state index contributed by atoms with van der Waals surface area (Å²) in [5.74, 6) is -0.511. The minimum Gasteiger partial charge on any atom is -0.353 e. The van der Waals surface area contributed by atoms with Gasteiger partial charge in [-0.3, -0.25) is 19.3 Å². The molecule has 6 heteroatoms. The van der Waals surface area contributed by atoms with Crippen LogP contribution < -0.4 is 10.6 Å². The standard InChI is InChI=1S/C16H23N3O3/c1-11(2)17-15(21)9-19(4)10-16(22)18-14-8-6-5-7-13(14)12(3)20/h5-8,11H,9-10H2,1-4H3,(H,17,21)(H,18,22). The number of likely N-dealkylation sites (N-methyl/N-ethyl adjacent to an activating group) is 1. The number of para-hydroxylation sites is 1. The van der Waals surface area contributed by atoms with Gasteiger partial charge in [0.15, 0.2) is 5.78 Å². The highest BCUT2D eigenvalue weighted by molar-refractivity contribution is 6.04. The lowest BCUT2D eigenvalue weighted by Gasteiger charge is -2.17. The number of amides is 2. The Morgan fingerprint density at radius 1 is 1.09 bits per heavy atom. The third-order valence-corrected chi connectivity index (χ3v) is 2.86. The van der Waals surface area contributed by atoms with Gasteiger partial charge in [0.1, 0.15) is 0 Å². The number of nitrogens with zero attached hydrogens (tertiary/aromatic N) is 1. The Hall–Kier alpha value is -2.21. The fourth-order valence-corrected chi connectivity index (χ4v) is 2.00. The van der Waals surface area contributed by atoms with E-state index in [9.17, 15) is 14.4 Å². The van der Waals surface area contributed by atoms with Crippen molar-refractivity contribution in [1.82, 2.24) is 10.2 Å². The number of benzene rings is 1. The van der Waals surface area contributed by atoms with E-state index in [2.05, 4.69) is 10.6 Å². The normalized spacial score (nSPS) is 10.6.